The van der Waals surface area contributed by atoms with Gasteiger partial charge in [0.15, 0.2) is 17.4 Å². The summed E-state index contributed by atoms with van der Waals surface area (Å²) in [6.45, 7) is 0. The third-order valence-corrected chi connectivity index (χ3v) is 0. The molecule has 0 nitrogen and oxygen atoms in total. The predicted octanol–water partition coefficient (Wildman–Crippen LogP) is -2.65. The monoisotopic (exact) mass is 320 g/mol. The second-order valence-corrected chi connectivity index (χ2v) is 0. The molecule has 0 fully saturated rings. The summed E-state index contributed by atoms with van der Waals surface area (Å²) in [5.41, 5.74) is 0. The topological polar surface area (TPSA) is 0 Å². The average Bonchev–Trinajstić information content (AvgIpc) is 0. The SMILES string of the molecule is [AlH3].[Co].[Cr].[Ni].[SiH4].[Y]. The molecular weight excluding hydrogens is 314 g/mol. The van der Waals surface area contributed by atoms with Crippen LogP contribution in [-0.2, 0) is 83.3 Å². The zero-order valence-corrected chi connectivity index (χ0v) is 7.78. The Kier molecular flexibility index (Phi) is 383. The van der Waals surface area contributed by atoms with Crippen molar-refractivity contribution >= 4 is 28.3 Å². The number of rotatable bonds is 0. The fourth-order valence-electron chi connectivity index (χ4n) is 0. The standard InChI is InChI=1S/Al.Co.Cr.Ni.H4Si.Y.3H/h;;;;1H4;;;;. The van der Waals surface area contributed by atoms with Gasteiger partial charge in [0.1, 0.15) is 0 Å². The number of hydrogen-bond donors (Lipinski definition) is 0. The molecule has 0 unspecified atom stereocenters. The van der Waals surface area contributed by atoms with E-state index in [-0.39, 0.29) is 112 Å². The van der Waals surface area contributed by atoms with Gasteiger partial charge in [0.05, 0.1) is 0 Å². The van der Waals surface area contributed by atoms with Crippen LogP contribution in [0.25, 0.3) is 0 Å². The third kappa shape index (κ3) is 26.3. The maximum absolute atomic E-state index is 0. The molecule has 0 aliphatic rings. The minimum Gasteiger partial charge on any atom is -0.0149 e. The van der Waals surface area contributed by atoms with Crippen molar-refractivity contribution in [2.45, 2.75) is 0 Å². The Morgan fingerprint density at radius 3 is 1.00 bits per heavy atom. The van der Waals surface area contributed by atoms with E-state index in [1.807, 2.05) is 0 Å². The first-order chi connectivity index (χ1) is 0. The minimum atomic E-state index is 0. The van der Waals surface area contributed by atoms with Crippen molar-refractivity contribution in [3.8, 4) is 0 Å². The van der Waals surface area contributed by atoms with Crippen molar-refractivity contribution in [2.75, 3.05) is 0 Å². The molecule has 0 aliphatic carbocycles. The molecule has 0 rings (SSSR count). The minimum absolute atomic E-state index is 0. The van der Waals surface area contributed by atoms with Gasteiger partial charge in [0, 0.05) is 83.3 Å². The molecule has 0 heterocycles. The third-order valence-electron chi connectivity index (χ3n) is 0. The van der Waals surface area contributed by atoms with Gasteiger partial charge in [-0.1, -0.05) is 0 Å². The summed E-state index contributed by atoms with van der Waals surface area (Å²) in [5.74, 6) is 0. The summed E-state index contributed by atoms with van der Waals surface area (Å²) < 4.78 is 0. The summed E-state index contributed by atoms with van der Waals surface area (Å²) in [6, 6.07) is 0. The summed E-state index contributed by atoms with van der Waals surface area (Å²) in [7, 11) is 0. The molecule has 6 heavy (non-hydrogen) atoms. The zero-order valence-electron chi connectivity index (χ0n) is 1.64. The Labute approximate surface area is 110 Å². The van der Waals surface area contributed by atoms with Gasteiger partial charge in [-0.05, 0) is 11.0 Å². The molecule has 0 atom stereocenters. The Hall–Kier alpha value is 3.39. The molecule has 0 saturated carbocycles. The molecule has 0 aromatic heterocycles. The van der Waals surface area contributed by atoms with Gasteiger partial charge in [0.25, 0.3) is 0 Å². The predicted molar refractivity (Wildman–Crippen MR) is 21.3 cm³/mol. The summed E-state index contributed by atoms with van der Waals surface area (Å²) in [6.07, 6.45) is 0. The van der Waals surface area contributed by atoms with Crippen LogP contribution >= 0.6 is 0 Å². The van der Waals surface area contributed by atoms with E-state index in [4.69, 9.17) is 0 Å². The molecule has 0 spiro atoms. The second kappa shape index (κ2) is 39.9. The Bertz CT molecular complexity index is 15.5. The van der Waals surface area contributed by atoms with Gasteiger partial charge in [0.2, 0.25) is 0 Å². The van der Waals surface area contributed by atoms with E-state index in [2.05, 4.69) is 0 Å². The van der Waals surface area contributed by atoms with Crippen LogP contribution in [0.1, 0.15) is 0 Å². The quantitative estimate of drug-likeness (QED) is 0.428. The van der Waals surface area contributed by atoms with Gasteiger partial charge < -0.3 is 0 Å². The summed E-state index contributed by atoms with van der Waals surface area (Å²) >= 11 is 0. The molecule has 0 bridgehead atoms. The van der Waals surface area contributed by atoms with Crippen LogP contribution in [0.3, 0.4) is 0 Å². The van der Waals surface area contributed by atoms with Gasteiger partial charge >= 0.3 is 0 Å². The van der Waals surface area contributed by atoms with Crippen molar-refractivity contribution in [2.24, 2.45) is 0 Å². The van der Waals surface area contributed by atoms with Crippen LogP contribution < -0.4 is 0 Å². The molecular formula is H7AlCoCrNiSiY. The average molecular weight is 321 g/mol. The summed E-state index contributed by atoms with van der Waals surface area (Å²) in [5, 5.41) is 0. The van der Waals surface area contributed by atoms with Crippen molar-refractivity contribution in [1.82, 2.24) is 0 Å². The van der Waals surface area contributed by atoms with Crippen molar-refractivity contribution in [3.63, 3.8) is 0 Å². The first-order valence-electron chi connectivity index (χ1n) is 0. The van der Waals surface area contributed by atoms with Crippen LogP contribution in [0.4, 0.5) is 0 Å². The van der Waals surface area contributed by atoms with Gasteiger partial charge in [-0.2, -0.15) is 0 Å². The van der Waals surface area contributed by atoms with E-state index in [1.54, 1.807) is 0 Å². The second-order valence-electron chi connectivity index (χ2n) is 0. The van der Waals surface area contributed by atoms with Crippen LogP contribution in [-0.4, -0.2) is 28.3 Å². The van der Waals surface area contributed by atoms with Crippen molar-refractivity contribution in [3.05, 3.63) is 0 Å². The Morgan fingerprint density at radius 2 is 1.00 bits per heavy atom. The largest absolute Gasteiger partial charge is 0.187 e. The maximum atomic E-state index is 0. The van der Waals surface area contributed by atoms with Gasteiger partial charge in [-0.3, -0.25) is 0 Å². The first-order valence-corrected chi connectivity index (χ1v) is 0. The van der Waals surface area contributed by atoms with Crippen LogP contribution in [0.15, 0.2) is 0 Å². The van der Waals surface area contributed by atoms with E-state index in [0.29, 0.717) is 0 Å². The zero-order chi connectivity index (χ0) is 0. The molecule has 0 N–H and O–H groups in total. The van der Waals surface area contributed by atoms with E-state index in [1.165, 1.54) is 0 Å². The maximum Gasteiger partial charge on any atom is 0.187 e. The normalized spacial score (nSPS) is 0. The van der Waals surface area contributed by atoms with E-state index >= 15 is 0 Å². The van der Waals surface area contributed by atoms with Crippen molar-refractivity contribution in [1.29, 1.82) is 0 Å². The first kappa shape index (κ1) is 57.6. The van der Waals surface area contributed by atoms with Gasteiger partial charge in [-0.15, -0.1) is 0 Å². The molecule has 42 valence electrons. The van der Waals surface area contributed by atoms with Crippen LogP contribution in [0.2, 0.25) is 0 Å². The van der Waals surface area contributed by atoms with Crippen LogP contribution in [0.5, 0.6) is 0 Å². The fourth-order valence-corrected chi connectivity index (χ4v) is 0. The molecule has 0 aromatic rings. The molecule has 6 heteroatoms. The summed E-state index contributed by atoms with van der Waals surface area (Å²) in [4.78, 5) is 0. The van der Waals surface area contributed by atoms with Crippen LogP contribution in [0, 0.1) is 0 Å². The molecule has 2 radical (unpaired) electrons. The Morgan fingerprint density at radius 1 is 1.00 bits per heavy atom. The molecule has 0 aromatic carbocycles. The molecule has 0 aliphatic heterocycles. The van der Waals surface area contributed by atoms with E-state index in [0.717, 1.165) is 0 Å². The van der Waals surface area contributed by atoms with E-state index in [9.17, 15) is 0 Å². The van der Waals surface area contributed by atoms with Crippen molar-refractivity contribution < 1.29 is 83.3 Å². The molecule has 0 amide bonds. The number of hydrogen-bond acceptors (Lipinski definition) is 0. The van der Waals surface area contributed by atoms with E-state index < -0.39 is 0 Å². The van der Waals surface area contributed by atoms with Gasteiger partial charge in [-0.25, -0.2) is 0 Å². The smallest absolute Gasteiger partial charge is 0.0149 e. The fraction of sp³-hybridized carbons (Fsp3) is 0. The molecule has 0 saturated heterocycles. The Balaban J connectivity index is 0.